The van der Waals surface area contributed by atoms with Crippen molar-refractivity contribution in [2.75, 3.05) is 27.7 Å². The normalized spacial score (nSPS) is 38.7. The van der Waals surface area contributed by atoms with Gasteiger partial charge in [-0.15, -0.1) is 0 Å². The lowest BCUT2D eigenvalue weighted by Crippen LogP contribution is -2.33. The molecule has 0 bridgehead atoms. The van der Waals surface area contributed by atoms with Gasteiger partial charge < -0.3 is 9.64 Å². The number of methoxy groups -OCH3 is 1. The first-order valence-electron chi connectivity index (χ1n) is 5.86. The molecule has 0 saturated heterocycles. The van der Waals surface area contributed by atoms with Crippen LogP contribution >= 0.6 is 0 Å². The van der Waals surface area contributed by atoms with E-state index in [0.29, 0.717) is 11.8 Å². The Morgan fingerprint density at radius 3 is 2.27 bits per heavy atom. The van der Waals surface area contributed by atoms with Gasteiger partial charge in [-0.25, -0.2) is 0 Å². The summed E-state index contributed by atoms with van der Waals surface area (Å²) in [7, 11) is 5.59. The molecule has 3 atom stereocenters. The Hall–Kier alpha value is -0.570. The van der Waals surface area contributed by atoms with Crippen molar-refractivity contribution in [2.24, 2.45) is 17.3 Å². The van der Waals surface area contributed by atoms with Crippen molar-refractivity contribution in [3.8, 4) is 0 Å². The van der Waals surface area contributed by atoms with E-state index < -0.39 is 0 Å². The zero-order chi connectivity index (χ0) is 11.1. The summed E-state index contributed by atoms with van der Waals surface area (Å²) in [6, 6.07) is 0. The van der Waals surface area contributed by atoms with Crippen LogP contribution in [0.2, 0.25) is 0 Å². The Labute approximate surface area is 91.8 Å². The highest BCUT2D eigenvalue weighted by atomic mass is 16.5. The molecule has 0 amide bonds. The van der Waals surface area contributed by atoms with E-state index in [9.17, 15) is 4.79 Å². The topological polar surface area (TPSA) is 29.5 Å². The molecule has 2 saturated carbocycles. The van der Waals surface area contributed by atoms with Crippen molar-refractivity contribution in [3.05, 3.63) is 0 Å². The molecule has 0 aromatic rings. The summed E-state index contributed by atoms with van der Waals surface area (Å²) in [6.07, 6.45) is 5.00. The zero-order valence-electron chi connectivity index (χ0n) is 9.95. The number of nitrogens with zero attached hydrogens (tertiary/aromatic N) is 1. The average molecular weight is 211 g/mol. The van der Waals surface area contributed by atoms with Crippen LogP contribution in [0, 0.1) is 17.3 Å². The van der Waals surface area contributed by atoms with E-state index in [0.717, 1.165) is 6.54 Å². The monoisotopic (exact) mass is 211 g/mol. The highest BCUT2D eigenvalue weighted by molar-refractivity contribution is 5.82. The Morgan fingerprint density at radius 2 is 1.87 bits per heavy atom. The van der Waals surface area contributed by atoms with Crippen LogP contribution in [-0.4, -0.2) is 38.6 Å². The van der Waals surface area contributed by atoms with Crippen molar-refractivity contribution in [3.63, 3.8) is 0 Å². The van der Waals surface area contributed by atoms with Gasteiger partial charge in [0.05, 0.1) is 12.5 Å². The number of rotatable bonds is 3. The lowest BCUT2D eigenvalue weighted by atomic mass is 10.0. The summed E-state index contributed by atoms with van der Waals surface area (Å²) in [5, 5.41) is 0. The standard InChI is InChI=1S/C12H21NO2/c1-13(2)8-12(11(14)15-3)9-6-4-5-7-10(9)12/h9-10H,4-8H2,1-3H3/t9-,10+,12?. The van der Waals surface area contributed by atoms with Crippen LogP contribution in [0.25, 0.3) is 0 Å². The number of hydrogen-bond acceptors (Lipinski definition) is 3. The molecular formula is C12H21NO2. The summed E-state index contributed by atoms with van der Waals surface area (Å²) in [4.78, 5) is 14.1. The Kier molecular flexibility index (Phi) is 2.75. The Bertz CT molecular complexity index is 250. The summed E-state index contributed by atoms with van der Waals surface area (Å²) in [5.41, 5.74) is -0.158. The first-order chi connectivity index (χ1) is 7.13. The van der Waals surface area contributed by atoms with Gasteiger partial charge >= 0.3 is 5.97 Å². The fourth-order valence-electron chi connectivity index (χ4n) is 3.57. The van der Waals surface area contributed by atoms with Crippen molar-refractivity contribution in [1.82, 2.24) is 4.90 Å². The van der Waals surface area contributed by atoms with Crippen LogP contribution in [0.3, 0.4) is 0 Å². The molecule has 0 aromatic heterocycles. The molecule has 0 spiro atoms. The van der Waals surface area contributed by atoms with E-state index in [-0.39, 0.29) is 11.4 Å². The zero-order valence-corrected chi connectivity index (χ0v) is 9.95. The summed E-state index contributed by atoms with van der Waals surface area (Å²) in [5.74, 6) is 1.22. The number of carbonyl (C=O) groups is 1. The van der Waals surface area contributed by atoms with Crippen molar-refractivity contribution >= 4 is 5.97 Å². The van der Waals surface area contributed by atoms with Crippen LogP contribution in [0.5, 0.6) is 0 Å². The lowest BCUT2D eigenvalue weighted by Gasteiger charge is -2.20. The molecule has 3 nitrogen and oxygen atoms in total. The van der Waals surface area contributed by atoms with Gasteiger partial charge in [-0.05, 0) is 38.8 Å². The lowest BCUT2D eigenvalue weighted by molar-refractivity contribution is -0.149. The second kappa shape index (κ2) is 3.78. The smallest absolute Gasteiger partial charge is 0.313 e. The molecule has 2 aliphatic carbocycles. The average Bonchev–Trinajstić information content (AvgIpc) is 2.86. The van der Waals surface area contributed by atoms with Crippen LogP contribution in [-0.2, 0) is 9.53 Å². The van der Waals surface area contributed by atoms with Gasteiger partial charge in [-0.3, -0.25) is 4.79 Å². The SMILES string of the molecule is COC(=O)C1(CN(C)C)[C@@H]2CCCC[C@@H]21. The molecular weight excluding hydrogens is 190 g/mol. The molecule has 2 rings (SSSR count). The third-order valence-electron chi connectivity index (χ3n) is 4.12. The minimum absolute atomic E-state index is 0.0214. The third kappa shape index (κ3) is 1.57. The van der Waals surface area contributed by atoms with Gasteiger partial charge in [0.25, 0.3) is 0 Å². The van der Waals surface area contributed by atoms with Crippen LogP contribution in [0.4, 0.5) is 0 Å². The number of fused-ring (bicyclic) bond motifs is 1. The third-order valence-corrected chi connectivity index (χ3v) is 4.12. The summed E-state index contributed by atoms with van der Waals surface area (Å²) in [6.45, 7) is 0.856. The van der Waals surface area contributed by atoms with Crippen molar-refractivity contribution < 1.29 is 9.53 Å². The minimum Gasteiger partial charge on any atom is -0.469 e. The van der Waals surface area contributed by atoms with E-state index in [1.54, 1.807) is 0 Å². The second-order valence-corrected chi connectivity index (χ2v) is 5.27. The highest BCUT2D eigenvalue weighted by Gasteiger charge is 2.69. The molecule has 2 fully saturated rings. The van der Waals surface area contributed by atoms with E-state index in [2.05, 4.69) is 4.90 Å². The highest BCUT2D eigenvalue weighted by Crippen LogP contribution is 2.66. The Balaban J connectivity index is 2.15. The van der Waals surface area contributed by atoms with Crippen LogP contribution < -0.4 is 0 Å². The molecule has 0 aromatic carbocycles. The molecule has 15 heavy (non-hydrogen) atoms. The molecule has 3 heteroatoms. The predicted octanol–water partition coefficient (Wildman–Crippen LogP) is 1.53. The number of esters is 1. The molecule has 1 unspecified atom stereocenters. The van der Waals surface area contributed by atoms with E-state index in [4.69, 9.17) is 4.74 Å². The van der Waals surface area contributed by atoms with Gasteiger partial charge in [0.1, 0.15) is 0 Å². The molecule has 0 aliphatic heterocycles. The fourth-order valence-corrected chi connectivity index (χ4v) is 3.57. The molecule has 0 N–H and O–H groups in total. The predicted molar refractivity (Wildman–Crippen MR) is 58.5 cm³/mol. The number of carbonyl (C=O) groups excluding carboxylic acids is 1. The van der Waals surface area contributed by atoms with Crippen molar-refractivity contribution in [2.45, 2.75) is 25.7 Å². The van der Waals surface area contributed by atoms with Gasteiger partial charge in [0.2, 0.25) is 0 Å². The summed E-state index contributed by atoms with van der Waals surface area (Å²) >= 11 is 0. The van der Waals surface area contributed by atoms with Crippen molar-refractivity contribution in [1.29, 1.82) is 0 Å². The fraction of sp³-hybridized carbons (Fsp3) is 0.917. The maximum atomic E-state index is 11.9. The minimum atomic E-state index is -0.158. The molecule has 0 radical (unpaired) electrons. The number of hydrogen-bond donors (Lipinski definition) is 0. The number of ether oxygens (including phenoxy) is 1. The second-order valence-electron chi connectivity index (χ2n) is 5.27. The first kappa shape index (κ1) is 10.9. The van der Waals surface area contributed by atoms with Gasteiger partial charge in [0.15, 0.2) is 0 Å². The largest absolute Gasteiger partial charge is 0.469 e. The molecule has 86 valence electrons. The van der Waals surface area contributed by atoms with E-state index in [1.165, 1.54) is 32.8 Å². The van der Waals surface area contributed by atoms with E-state index >= 15 is 0 Å². The first-order valence-corrected chi connectivity index (χ1v) is 5.86. The maximum Gasteiger partial charge on any atom is 0.313 e. The maximum absolute atomic E-state index is 11.9. The van der Waals surface area contributed by atoms with E-state index in [1.807, 2.05) is 14.1 Å². The Morgan fingerprint density at radius 1 is 1.33 bits per heavy atom. The quantitative estimate of drug-likeness (QED) is 0.663. The summed E-state index contributed by atoms with van der Waals surface area (Å²) < 4.78 is 5.00. The molecule has 2 aliphatic rings. The van der Waals surface area contributed by atoms with Crippen LogP contribution in [0.1, 0.15) is 25.7 Å². The van der Waals surface area contributed by atoms with Gasteiger partial charge in [-0.2, -0.15) is 0 Å². The molecule has 0 heterocycles. The van der Waals surface area contributed by atoms with Gasteiger partial charge in [0, 0.05) is 6.54 Å². The van der Waals surface area contributed by atoms with Crippen LogP contribution in [0.15, 0.2) is 0 Å². The van der Waals surface area contributed by atoms with Gasteiger partial charge in [-0.1, -0.05) is 12.8 Å².